The van der Waals surface area contributed by atoms with E-state index in [1.54, 1.807) is 6.92 Å². The molecule has 0 fully saturated rings. The molecular formula is C15H16Cl2FNO. The highest BCUT2D eigenvalue weighted by molar-refractivity contribution is 6.35. The fourth-order valence-corrected chi connectivity index (χ4v) is 2.86. The number of benzene rings is 1. The minimum Gasteiger partial charge on any atom is -0.349 e. The quantitative estimate of drug-likeness (QED) is 0.637. The Morgan fingerprint density at radius 2 is 2.10 bits per heavy atom. The van der Waals surface area contributed by atoms with Crippen LogP contribution in [-0.4, -0.2) is 5.91 Å². The van der Waals surface area contributed by atoms with Crippen molar-refractivity contribution in [2.24, 2.45) is 5.92 Å². The number of carbonyl (C=O) groups excluding carboxylic acids is 1. The Balaban J connectivity index is 2.08. The van der Waals surface area contributed by atoms with Gasteiger partial charge in [0, 0.05) is 10.9 Å². The van der Waals surface area contributed by atoms with Gasteiger partial charge in [0.15, 0.2) is 0 Å². The van der Waals surface area contributed by atoms with Gasteiger partial charge in [-0.3, -0.25) is 4.79 Å². The second-order valence-electron chi connectivity index (χ2n) is 5.00. The van der Waals surface area contributed by atoms with Crippen molar-refractivity contribution in [2.45, 2.75) is 32.2 Å². The van der Waals surface area contributed by atoms with E-state index >= 15 is 0 Å². The van der Waals surface area contributed by atoms with Crippen LogP contribution in [0.4, 0.5) is 4.39 Å². The van der Waals surface area contributed by atoms with Gasteiger partial charge in [-0.1, -0.05) is 35.4 Å². The Morgan fingerprint density at radius 1 is 1.35 bits per heavy atom. The second kappa shape index (κ2) is 6.59. The van der Waals surface area contributed by atoms with Gasteiger partial charge >= 0.3 is 0 Å². The van der Waals surface area contributed by atoms with Crippen LogP contribution >= 0.6 is 23.2 Å². The Morgan fingerprint density at radius 3 is 2.75 bits per heavy atom. The molecule has 0 aromatic heterocycles. The summed E-state index contributed by atoms with van der Waals surface area (Å²) in [4.78, 5) is 12.1. The van der Waals surface area contributed by atoms with E-state index < -0.39 is 5.82 Å². The van der Waals surface area contributed by atoms with Crippen molar-refractivity contribution in [3.8, 4) is 0 Å². The van der Waals surface area contributed by atoms with Crippen LogP contribution in [0.25, 0.3) is 0 Å². The molecule has 0 spiro atoms. The number of rotatable bonds is 3. The van der Waals surface area contributed by atoms with Gasteiger partial charge in [-0.05, 0) is 43.9 Å². The molecule has 1 aliphatic carbocycles. The lowest BCUT2D eigenvalue weighted by atomic mass is 9.93. The van der Waals surface area contributed by atoms with Crippen LogP contribution in [0.3, 0.4) is 0 Å². The molecule has 2 nitrogen and oxygen atoms in total. The summed E-state index contributed by atoms with van der Waals surface area (Å²) < 4.78 is 13.5. The first kappa shape index (κ1) is 15.3. The summed E-state index contributed by atoms with van der Waals surface area (Å²) in [6.45, 7) is 1.78. The molecule has 1 amide bonds. The number of halogens is 3. The first-order valence-electron chi connectivity index (χ1n) is 6.59. The third-order valence-corrected chi connectivity index (χ3v) is 4.12. The first-order valence-corrected chi connectivity index (χ1v) is 7.34. The summed E-state index contributed by atoms with van der Waals surface area (Å²) >= 11 is 11.7. The van der Waals surface area contributed by atoms with Gasteiger partial charge in [0.2, 0.25) is 5.91 Å². The van der Waals surface area contributed by atoms with Gasteiger partial charge in [-0.25, -0.2) is 4.39 Å². The van der Waals surface area contributed by atoms with Crippen molar-refractivity contribution >= 4 is 29.1 Å². The summed E-state index contributed by atoms with van der Waals surface area (Å²) in [5.74, 6) is -0.570. The van der Waals surface area contributed by atoms with Gasteiger partial charge in [0.05, 0.1) is 11.1 Å². The fourth-order valence-electron chi connectivity index (χ4n) is 2.31. The molecule has 108 valence electrons. The summed E-state index contributed by atoms with van der Waals surface area (Å²) in [5.41, 5.74) is 0.535. The number of hydrogen-bond acceptors (Lipinski definition) is 1. The maximum Gasteiger partial charge on any atom is 0.223 e. The highest BCUT2D eigenvalue weighted by atomic mass is 35.5. The lowest BCUT2D eigenvalue weighted by Gasteiger charge is -2.21. The number of allylic oxidation sites excluding steroid dienone is 2. The first-order chi connectivity index (χ1) is 9.49. The van der Waals surface area contributed by atoms with Crippen LogP contribution in [0.2, 0.25) is 10.0 Å². The van der Waals surface area contributed by atoms with E-state index in [0.29, 0.717) is 10.6 Å². The third-order valence-electron chi connectivity index (χ3n) is 3.50. The number of carbonyl (C=O) groups is 1. The highest BCUT2D eigenvalue weighted by Gasteiger charge is 2.22. The highest BCUT2D eigenvalue weighted by Crippen LogP contribution is 2.29. The van der Waals surface area contributed by atoms with E-state index in [1.165, 1.54) is 12.1 Å². The molecule has 0 saturated carbocycles. The molecule has 1 aromatic carbocycles. The van der Waals surface area contributed by atoms with E-state index in [4.69, 9.17) is 23.2 Å². The molecule has 5 heteroatoms. The number of nitrogens with one attached hydrogen (secondary N) is 1. The van der Waals surface area contributed by atoms with Gasteiger partial charge < -0.3 is 5.32 Å². The molecule has 0 radical (unpaired) electrons. The minimum atomic E-state index is -0.534. The largest absolute Gasteiger partial charge is 0.349 e. The predicted molar refractivity (Wildman–Crippen MR) is 79.5 cm³/mol. The van der Waals surface area contributed by atoms with Crippen molar-refractivity contribution in [1.82, 2.24) is 5.32 Å². The Hall–Kier alpha value is -1.06. The SMILES string of the molecule is CC(NC(=O)C1CC=CCC1)c1cc(F)c(Cl)cc1Cl. The van der Waals surface area contributed by atoms with E-state index in [2.05, 4.69) is 11.4 Å². The van der Waals surface area contributed by atoms with Crippen molar-refractivity contribution in [3.05, 3.63) is 45.7 Å². The summed E-state index contributed by atoms with van der Waals surface area (Å²) in [7, 11) is 0. The van der Waals surface area contributed by atoms with Crippen molar-refractivity contribution in [2.75, 3.05) is 0 Å². The minimum absolute atomic E-state index is 0.0154. The van der Waals surface area contributed by atoms with Gasteiger partial charge in [0.25, 0.3) is 0 Å². The topological polar surface area (TPSA) is 29.1 Å². The molecule has 0 saturated heterocycles. The van der Waals surface area contributed by atoms with E-state index in [0.717, 1.165) is 19.3 Å². The zero-order chi connectivity index (χ0) is 14.7. The molecule has 1 aromatic rings. The summed E-state index contributed by atoms with van der Waals surface area (Å²) in [6.07, 6.45) is 6.62. The monoisotopic (exact) mass is 315 g/mol. The fraction of sp³-hybridized carbons (Fsp3) is 0.400. The van der Waals surface area contributed by atoms with Crippen LogP contribution in [0.5, 0.6) is 0 Å². The van der Waals surface area contributed by atoms with Crippen molar-refractivity contribution in [1.29, 1.82) is 0 Å². The van der Waals surface area contributed by atoms with E-state index in [1.807, 2.05) is 6.08 Å². The Kier molecular flexibility index (Phi) is 5.06. The van der Waals surface area contributed by atoms with Crippen LogP contribution in [0.1, 0.15) is 37.8 Å². The molecule has 2 unspecified atom stereocenters. The van der Waals surface area contributed by atoms with E-state index in [9.17, 15) is 9.18 Å². The molecular weight excluding hydrogens is 300 g/mol. The van der Waals surface area contributed by atoms with Crippen LogP contribution < -0.4 is 5.32 Å². The van der Waals surface area contributed by atoms with Crippen molar-refractivity contribution < 1.29 is 9.18 Å². The van der Waals surface area contributed by atoms with Crippen LogP contribution in [-0.2, 0) is 4.79 Å². The standard InChI is InChI=1S/C15H16Cl2FNO/c1-9(11-7-14(18)13(17)8-12(11)16)19-15(20)10-5-3-2-4-6-10/h2-3,7-10H,4-6H2,1H3,(H,19,20). The molecule has 1 aliphatic rings. The van der Waals surface area contributed by atoms with Crippen LogP contribution in [0, 0.1) is 11.7 Å². The third kappa shape index (κ3) is 3.53. The summed E-state index contributed by atoms with van der Waals surface area (Å²) in [5, 5.41) is 3.22. The van der Waals surface area contributed by atoms with E-state index in [-0.39, 0.29) is 22.9 Å². The maximum atomic E-state index is 13.5. The van der Waals surface area contributed by atoms with Crippen LogP contribution in [0.15, 0.2) is 24.3 Å². The smallest absolute Gasteiger partial charge is 0.223 e. The Bertz CT molecular complexity index is 545. The molecule has 0 heterocycles. The van der Waals surface area contributed by atoms with Gasteiger partial charge in [-0.15, -0.1) is 0 Å². The number of amides is 1. The maximum absolute atomic E-state index is 13.5. The molecule has 0 bridgehead atoms. The lowest BCUT2D eigenvalue weighted by molar-refractivity contribution is -0.125. The molecule has 0 aliphatic heterocycles. The van der Waals surface area contributed by atoms with Crippen molar-refractivity contribution in [3.63, 3.8) is 0 Å². The molecule has 2 rings (SSSR count). The average molecular weight is 316 g/mol. The predicted octanol–water partition coefficient (Wildman–Crippen LogP) is 4.67. The molecule has 2 atom stereocenters. The lowest BCUT2D eigenvalue weighted by Crippen LogP contribution is -2.33. The molecule has 1 N–H and O–H groups in total. The average Bonchev–Trinajstić information content (AvgIpc) is 2.43. The van der Waals surface area contributed by atoms with Gasteiger partial charge in [-0.2, -0.15) is 0 Å². The number of hydrogen-bond donors (Lipinski definition) is 1. The summed E-state index contributed by atoms with van der Waals surface area (Å²) in [6, 6.07) is 2.28. The zero-order valence-corrected chi connectivity index (χ0v) is 12.6. The normalized spacial score (nSPS) is 19.7. The zero-order valence-electron chi connectivity index (χ0n) is 11.1. The molecule has 20 heavy (non-hydrogen) atoms. The van der Waals surface area contributed by atoms with Gasteiger partial charge in [0.1, 0.15) is 5.82 Å². The Labute approximate surface area is 128 Å². The second-order valence-corrected chi connectivity index (χ2v) is 5.81.